The highest BCUT2D eigenvalue weighted by atomic mass is 19.1. The Hall–Kier alpha value is -4.84. The minimum Gasteiger partial charge on any atom is -0.478 e. The lowest BCUT2D eigenvalue weighted by Gasteiger charge is -2.50. The number of carbonyl (C=O) groups is 3. The van der Waals surface area contributed by atoms with Crippen LogP contribution in [0, 0.1) is 12.7 Å². The number of halogens is 1. The maximum atomic E-state index is 15.3. The number of aryl methyl sites for hydroxylation is 1. The minimum atomic E-state index is -1.14. The molecule has 2 amide bonds. The molecule has 2 aromatic carbocycles. The number of carboxylic acids is 1. The molecule has 4 aromatic rings. The summed E-state index contributed by atoms with van der Waals surface area (Å²) < 4.78 is 17.2. The van der Waals surface area contributed by atoms with E-state index >= 15 is 4.39 Å². The van der Waals surface area contributed by atoms with Crippen molar-refractivity contribution in [3.63, 3.8) is 0 Å². The number of carboxylic acid groups (broad SMARTS) is 1. The van der Waals surface area contributed by atoms with Gasteiger partial charge in [0.1, 0.15) is 16.7 Å². The van der Waals surface area contributed by atoms with Crippen LogP contribution >= 0.6 is 0 Å². The SMILES string of the molecule is CC(=O)N1CC2(CN([C@H]3C[C@@H](N4CCCCC4)C3)c3cc(-c4cc5ncn(C(C)C)c5c(Nc5cc(C(=O)O)c(C)cc5F)n4)ccc32)C1=O. The van der Waals surface area contributed by atoms with E-state index in [0.29, 0.717) is 47.2 Å². The van der Waals surface area contributed by atoms with Gasteiger partial charge in [-0.05, 0) is 94.9 Å². The van der Waals surface area contributed by atoms with Crippen LogP contribution in [-0.4, -0.2) is 85.5 Å². The Balaban J connectivity index is 1.19. The van der Waals surface area contributed by atoms with Crippen molar-refractivity contribution >= 4 is 46.0 Å². The van der Waals surface area contributed by atoms with Gasteiger partial charge in [0.15, 0.2) is 5.82 Å². The zero-order valence-electron chi connectivity index (χ0n) is 28.9. The molecule has 260 valence electrons. The zero-order valence-corrected chi connectivity index (χ0v) is 28.9. The third-order valence-electron chi connectivity index (χ3n) is 11.4. The number of β-lactam (4-membered cyclic amide) rings is 1. The zero-order chi connectivity index (χ0) is 35.1. The van der Waals surface area contributed by atoms with Crippen molar-refractivity contribution < 1.29 is 23.9 Å². The number of hydrogen-bond donors (Lipinski definition) is 2. The number of likely N-dealkylation sites (tertiary alicyclic amines) is 2. The van der Waals surface area contributed by atoms with Crippen LogP contribution in [0.25, 0.3) is 22.3 Å². The molecule has 12 heteroatoms. The number of rotatable bonds is 7. The van der Waals surface area contributed by atoms with Crippen LogP contribution in [0.1, 0.15) is 80.4 Å². The first-order valence-electron chi connectivity index (χ1n) is 17.6. The number of imide groups is 1. The third-order valence-corrected chi connectivity index (χ3v) is 11.4. The molecule has 2 saturated heterocycles. The molecule has 4 aliphatic rings. The second-order valence-electron chi connectivity index (χ2n) is 14.8. The number of amides is 2. The second kappa shape index (κ2) is 11.9. The summed E-state index contributed by atoms with van der Waals surface area (Å²) in [5, 5.41) is 12.8. The van der Waals surface area contributed by atoms with Crippen LogP contribution < -0.4 is 10.2 Å². The van der Waals surface area contributed by atoms with Gasteiger partial charge in [-0.15, -0.1) is 0 Å². The van der Waals surface area contributed by atoms with Gasteiger partial charge in [0, 0.05) is 49.4 Å². The van der Waals surface area contributed by atoms with Gasteiger partial charge in [-0.25, -0.2) is 19.2 Å². The number of fused-ring (bicyclic) bond motifs is 3. The van der Waals surface area contributed by atoms with Crippen molar-refractivity contribution in [3.05, 3.63) is 65.2 Å². The fraction of sp³-hybridized carbons (Fsp3) is 0.447. The molecule has 0 radical (unpaired) electrons. The Labute approximate surface area is 290 Å². The molecule has 50 heavy (non-hydrogen) atoms. The van der Waals surface area contributed by atoms with E-state index < -0.39 is 17.2 Å². The molecule has 0 bridgehead atoms. The minimum absolute atomic E-state index is 0.00120. The number of piperidine rings is 1. The maximum Gasteiger partial charge on any atom is 0.336 e. The van der Waals surface area contributed by atoms with Crippen LogP contribution in [0.3, 0.4) is 0 Å². The molecule has 1 unspecified atom stereocenters. The van der Waals surface area contributed by atoms with Crippen LogP contribution in [0.15, 0.2) is 42.7 Å². The fourth-order valence-corrected chi connectivity index (χ4v) is 8.48. The van der Waals surface area contributed by atoms with E-state index in [0.717, 1.165) is 42.7 Å². The van der Waals surface area contributed by atoms with Gasteiger partial charge in [-0.1, -0.05) is 18.6 Å². The number of pyridine rings is 1. The Morgan fingerprint density at radius 3 is 2.48 bits per heavy atom. The smallest absolute Gasteiger partial charge is 0.336 e. The van der Waals surface area contributed by atoms with E-state index in [-0.39, 0.29) is 35.1 Å². The highest BCUT2D eigenvalue weighted by Gasteiger charge is 2.61. The van der Waals surface area contributed by atoms with Crippen molar-refractivity contribution in [2.45, 2.75) is 83.3 Å². The number of nitrogens with zero attached hydrogens (tertiary/aromatic N) is 6. The molecule has 3 fully saturated rings. The molecular formula is C38H42FN7O4. The standard InChI is InChI=1S/C38H42FN7O4/c1-21(2)46-20-40-32-17-30(41-35(34(32)46)42-31-16-27(36(48)49)22(3)12-29(31)39)24-8-9-28-33(13-24)45(19-38(28)18-44(23(4)47)37(38)50)26-14-25(15-26)43-10-6-5-7-11-43/h8-9,12-13,16-17,20-21,25-26H,5-7,10-11,14-15,18-19H2,1-4H3,(H,41,42)(H,48,49)/t25-,26+,38?. The van der Waals surface area contributed by atoms with Crippen LogP contribution in [0.2, 0.25) is 0 Å². The summed E-state index contributed by atoms with van der Waals surface area (Å²) in [5.74, 6) is -1.75. The molecule has 8 rings (SSSR count). The number of imidazole rings is 1. The van der Waals surface area contributed by atoms with Crippen molar-refractivity contribution in [3.8, 4) is 11.3 Å². The van der Waals surface area contributed by atoms with Gasteiger partial charge in [0.05, 0.1) is 28.8 Å². The van der Waals surface area contributed by atoms with Crippen LogP contribution in [-0.2, 0) is 15.0 Å². The Kier molecular flexibility index (Phi) is 7.70. The van der Waals surface area contributed by atoms with Gasteiger partial charge >= 0.3 is 5.97 Å². The summed E-state index contributed by atoms with van der Waals surface area (Å²) in [7, 11) is 0. The predicted molar refractivity (Wildman–Crippen MR) is 188 cm³/mol. The number of carbonyl (C=O) groups excluding carboxylic acids is 2. The van der Waals surface area contributed by atoms with Gasteiger partial charge in [-0.2, -0.15) is 0 Å². The number of aromatic nitrogens is 3. The summed E-state index contributed by atoms with van der Waals surface area (Å²) in [6.45, 7) is 10.3. The molecule has 1 spiro atoms. The second-order valence-corrected chi connectivity index (χ2v) is 14.8. The van der Waals surface area contributed by atoms with Crippen molar-refractivity contribution in [1.29, 1.82) is 0 Å². The Morgan fingerprint density at radius 1 is 1.04 bits per heavy atom. The maximum absolute atomic E-state index is 15.3. The summed E-state index contributed by atoms with van der Waals surface area (Å²) in [5.41, 5.74) is 4.25. The van der Waals surface area contributed by atoms with E-state index in [9.17, 15) is 19.5 Å². The molecule has 2 aromatic heterocycles. The Morgan fingerprint density at radius 2 is 1.80 bits per heavy atom. The first-order valence-corrected chi connectivity index (χ1v) is 17.6. The molecule has 1 saturated carbocycles. The van der Waals surface area contributed by atoms with E-state index in [1.165, 1.54) is 43.2 Å². The lowest BCUT2D eigenvalue weighted by atomic mass is 9.74. The molecular weight excluding hydrogens is 637 g/mol. The van der Waals surface area contributed by atoms with Crippen molar-refractivity contribution in [1.82, 2.24) is 24.3 Å². The highest BCUT2D eigenvalue weighted by molar-refractivity contribution is 6.08. The Bertz CT molecular complexity index is 2070. The lowest BCUT2D eigenvalue weighted by molar-refractivity contribution is -0.159. The number of anilines is 3. The molecule has 3 aliphatic heterocycles. The highest BCUT2D eigenvalue weighted by Crippen LogP contribution is 2.51. The summed E-state index contributed by atoms with van der Waals surface area (Å²) in [6.07, 6.45) is 7.59. The van der Waals surface area contributed by atoms with Crippen molar-refractivity contribution in [2.24, 2.45) is 0 Å². The number of benzene rings is 2. The molecule has 1 aliphatic carbocycles. The van der Waals surface area contributed by atoms with Gasteiger partial charge in [0.25, 0.3) is 0 Å². The first-order chi connectivity index (χ1) is 23.9. The quantitative estimate of drug-likeness (QED) is 0.225. The average molecular weight is 680 g/mol. The molecule has 2 N–H and O–H groups in total. The largest absolute Gasteiger partial charge is 0.478 e. The lowest BCUT2D eigenvalue weighted by Crippen LogP contribution is -2.68. The third kappa shape index (κ3) is 5.06. The molecule has 11 nitrogen and oxygen atoms in total. The summed E-state index contributed by atoms with van der Waals surface area (Å²) >= 11 is 0. The van der Waals surface area contributed by atoms with Gasteiger partial charge in [-0.3, -0.25) is 14.5 Å². The number of hydrogen-bond acceptors (Lipinski definition) is 8. The van der Waals surface area contributed by atoms with Crippen LogP contribution in [0.5, 0.6) is 0 Å². The normalized spacial score (nSPS) is 23.4. The molecule has 5 heterocycles. The predicted octanol–water partition coefficient (Wildman–Crippen LogP) is 6.03. The average Bonchev–Trinajstić information content (AvgIpc) is 3.65. The fourth-order valence-electron chi connectivity index (χ4n) is 8.48. The van der Waals surface area contributed by atoms with Gasteiger partial charge in [0.2, 0.25) is 11.8 Å². The molecule has 1 atom stereocenters. The summed E-state index contributed by atoms with van der Waals surface area (Å²) in [4.78, 5) is 53.8. The van der Waals surface area contributed by atoms with E-state index in [1.807, 2.05) is 36.6 Å². The van der Waals surface area contributed by atoms with Crippen LogP contribution in [0.4, 0.5) is 21.6 Å². The van der Waals surface area contributed by atoms with E-state index in [2.05, 4.69) is 26.2 Å². The van der Waals surface area contributed by atoms with E-state index in [4.69, 9.17) is 4.98 Å². The first kappa shape index (κ1) is 32.4. The van der Waals surface area contributed by atoms with Gasteiger partial charge < -0.3 is 24.8 Å². The van der Waals surface area contributed by atoms with E-state index in [1.54, 1.807) is 13.3 Å². The topological polar surface area (TPSA) is 124 Å². The number of nitrogens with one attached hydrogen (secondary N) is 1. The number of aromatic carboxylic acids is 1. The summed E-state index contributed by atoms with van der Waals surface area (Å²) in [6, 6.07) is 11.3. The monoisotopic (exact) mass is 679 g/mol. The van der Waals surface area contributed by atoms with Crippen molar-refractivity contribution in [2.75, 3.05) is 36.4 Å².